The number of hydrazine groups is 1. The molecule has 1 aliphatic rings. The molecule has 1 saturated heterocycles. The van der Waals surface area contributed by atoms with Crippen LogP contribution in [-0.2, 0) is 6.54 Å². The number of aryl methyl sites for hydroxylation is 1. The Bertz CT molecular complexity index is 1240. The Morgan fingerprint density at radius 3 is 2.85 bits per heavy atom. The molecule has 4 heterocycles. The summed E-state index contributed by atoms with van der Waals surface area (Å²) >= 11 is 0. The second-order valence-electron chi connectivity index (χ2n) is 7.41. The van der Waals surface area contributed by atoms with Crippen molar-refractivity contribution in [2.45, 2.75) is 13.5 Å². The van der Waals surface area contributed by atoms with Crippen molar-refractivity contribution in [2.75, 3.05) is 29.9 Å². The normalized spacial score (nSPS) is 14.9. The number of amidine groups is 1. The van der Waals surface area contributed by atoms with E-state index in [1.54, 1.807) is 29.4 Å². The lowest BCUT2D eigenvalue weighted by molar-refractivity contribution is 0.410. The monoisotopic (exact) mass is 447 g/mol. The first-order valence-corrected chi connectivity index (χ1v) is 10.1. The molecule has 0 saturated carbocycles. The van der Waals surface area contributed by atoms with Gasteiger partial charge in [-0.05, 0) is 30.7 Å². The standard InChI is InChI=1S/C21H22FN11/c1-13-6-15(2-3-26-13)19-16(8-23)7-14(9-27-19)10-28-20-18(22)21(30-12-29-20)32-4-5-33(25)17(11-32)31-24/h2-3,6-7,9,12H,4-5,10-11,24-25H2,1H3,(H,28,29,30)/b31-17-. The van der Waals surface area contributed by atoms with E-state index >= 15 is 4.39 Å². The molecule has 5 N–H and O–H groups in total. The van der Waals surface area contributed by atoms with Crippen molar-refractivity contribution in [2.24, 2.45) is 16.8 Å². The average Bonchev–Trinajstić information content (AvgIpc) is 2.83. The lowest BCUT2D eigenvalue weighted by Crippen LogP contribution is -2.54. The van der Waals surface area contributed by atoms with Crippen LogP contribution in [0.15, 0.2) is 42.0 Å². The molecule has 11 nitrogen and oxygen atoms in total. The van der Waals surface area contributed by atoms with E-state index in [-0.39, 0.29) is 24.7 Å². The molecule has 168 valence electrons. The van der Waals surface area contributed by atoms with Gasteiger partial charge in [-0.1, -0.05) is 0 Å². The molecule has 1 fully saturated rings. The summed E-state index contributed by atoms with van der Waals surface area (Å²) < 4.78 is 15.1. The van der Waals surface area contributed by atoms with Crippen molar-refractivity contribution in [1.82, 2.24) is 24.9 Å². The number of piperazine rings is 1. The zero-order valence-corrected chi connectivity index (χ0v) is 17.9. The van der Waals surface area contributed by atoms with E-state index in [0.29, 0.717) is 35.7 Å². The Kier molecular flexibility index (Phi) is 6.23. The van der Waals surface area contributed by atoms with Crippen molar-refractivity contribution < 1.29 is 4.39 Å². The second kappa shape index (κ2) is 9.41. The molecule has 0 aromatic carbocycles. The average molecular weight is 447 g/mol. The van der Waals surface area contributed by atoms with E-state index in [1.807, 2.05) is 13.0 Å². The number of rotatable bonds is 5. The molecule has 0 amide bonds. The highest BCUT2D eigenvalue weighted by atomic mass is 19.1. The quantitative estimate of drug-likeness (QED) is 0.382. The third-order valence-corrected chi connectivity index (χ3v) is 5.19. The molecule has 0 spiro atoms. The number of nitrogens with two attached hydrogens (primary N) is 2. The zero-order valence-electron chi connectivity index (χ0n) is 17.9. The maximum Gasteiger partial charge on any atom is 0.207 e. The third-order valence-electron chi connectivity index (χ3n) is 5.19. The molecule has 0 radical (unpaired) electrons. The summed E-state index contributed by atoms with van der Waals surface area (Å²) in [6, 6.07) is 7.56. The van der Waals surface area contributed by atoms with Crippen LogP contribution in [0.25, 0.3) is 11.3 Å². The van der Waals surface area contributed by atoms with Gasteiger partial charge in [0.15, 0.2) is 17.5 Å². The second-order valence-corrected chi connectivity index (χ2v) is 7.41. The predicted molar refractivity (Wildman–Crippen MR) is 121 cm³/mol. The minimum Gasteiger partial charge on any atom is -0.363 e. The fourth-order valence-electron chi connectivity index (χ4n) is 3.50. The van der Waals surface area contributed by atoms with Gasteiger partial charge in [-0.25, -0.2) is 15.8 Å². The summed E-state index contributed by atoms with van der Waals surface area (Å²) in [5.74, 6) is 11.2. The minimum atomic E-state index is -0.600. The van der Waals surface area contributed by atoms with Crippen LogP contribution in [0.2, 0.25) is 0 Å². The van der Waals surface area contributed by atoms with Crippen LogP contribution in [0.4, 0.5) is 16.0 Å². The number of nitrogens with one attached hydrogen (secondary N) is 1. The van der Waals surface area contributed by atoms with Crippen LogP contribution >= 0.6 is 0 Å². The highest BCUT2D eigenvalue weighted by molar-refractivity contribution is 5.87. The molecule has 0 atom stereocenters. The van der Waals surface area contributed by atoms with Gasteiger partial charge in [0.1, 0.15) is 12.4 Å². The van der Waals surface area contributed by atoms with Gasteiger partial charge < -0.3 is 16.1 Å². The minimum absolute atomic E-state index is 0.0359. The van der Waals surface area contributed by atoms with Crippen LogP contribution < -0.4 is 21.9 Å². The first-order chi connectivity index (χ1) is 16.0. The van der Waals surface area contributed by atoms with Crippen LogP contribution in [0, 0.1) is 24.1 Å². The maximum absolute atomic E-state index is 15.1. The van der Waals surface area contributed by atoms with Gasteiger partial charge in [0.05, 0.1) is 24.3 Å². The molecule has 0 bridgehead atoms. The molecule has 0 unspecified atom stereocenters. The lowest BCUT2D eigenvalue weighted by atomic mass is 10.1. The number of anilines is 2. The summed E-state index contributed by atoms with van der Waals surface area (Å²) in [7, 11) is 0. The van der Waals surface area contributed by atoms with Crippen LogP contribution in [0.1, 0.15) is 16.8 Å². The smallest absolute Gasteiger partial charge is 0.207 e. The number of aromatic nitrogens is 4. The number of hydrogen-bond acceptors (Lipinski definition) is 10. The van der Waals surface area contributed by atoms with Gasteiger partial charge in [0.25, 0.3) is 0 Å². The molecule has 4 rings (SSSR count). The van der Waals surface area contributed by atoms with Gasteiger partial charge in [0.2, 0.25) is 5.82 Å². The SMILES string of the molecule is Cc1cc(-c2ncc(CNc3ncnc(N4CCN(N)/C(=N\N)C4)c3F)cc2C#N)ccn1. The van der Waals surface area contributed by atoms with Crippen molar-refractivity contribution >= 4 is 17.5 Å². The molecule has 0 aliphatic carbocycles. The van der Waals surface area contributed by atoms with Crippen molar-refractivity contribution in [3.63, 3.8) is 0 Å². The third kappa shape index (κ3) is 4.63. The molecular formula is C21H22FN11. The Hall–Kier alpha value is -4.37. The molecule has 33 heavy (non-hydrogen) atoms. The van der Waals surface area contributed by atoms with Crippen molar-refractivity contribution in [1.29, 1.82) is 5.26 Å². The van der Waals surface area contributed by atoms with Crippen molar-refractivity contribution in [3.05, 3.63) is 59.6 Å². The summed E-state index contributed by atoms with van der Waals surface area (Å²) in [4.78, 5) is 18.4. The summed E-state index contributed by atoms with van der Waals surface area (Å²) in [6.45, 7) is 3.20. The molecule has 1 aliphatic heterocycles. The number of halogens is 1. The zero-order chi connectivity index (χ0) is 23.4. The van der Waals surface area contributed by atoms with Gasteiger partial charge in [-0.3, -0.25) is 15.0 Å². The van der Waals surface area contributed by atoms with E-state index in [0.717, 1.165) is 11.3 Å². The van der Waals surface area contributed by atoms with Gasteiger partial charge >= 0.3 is 0 Å². The Labute approximate surface area is 189 Å². The van der Waals surface area contributed by atoms with Gasteiger partial charge in [-0.2, -0.15) is 14.8 Å². The van der Waals surface area contributed by atoms with Crippen LogP contribution in [0.5, 0.6) is 0 Å². The molecule has 3 aromatic rings. The molecular weight excluding hydrogens is 425 g/mol. The van der Waals surface area contributed by atoms with Crippen LogP contribution in [0.3, 0.4) is 0 Å². The van der Waals surface area contributed by atoms with E-state index in [4.69, 9.17) is 11.7 Å². The van der Waals surface area contributed by atoms with Crippen LogP contribution in [-0.4, -0.2) is 50.4 Å². The van der Waals surface area contributed by atoms with E-state index in [2.05, 4.69) is 36.4 Å². The number of nitriles is 1. The topological polar surface area (TPSA) is 158 Å². The highest BCUT2D eigenvalue weighted by Gasteiger charge is 2.25. The number of pyridine rings is 2. The molecule has 3 aromatic heterocycles. The molecule has 12 heteroatoms. The van der Waals surface area contributed by atoms with E-state index < -0.39 is 5.82 Å². The largest absolute Gasteiger partial charge is 0.363 e. The first kappa shape index (κ1) is 21.8. The summed E-state index contributed by atoms with van der Waals surface area (Å²) in [6.07, 6.45) is 4.60. The fourth-order valence-corrected chi connectivity index (χ4v) is 3.50. The van der Waals surface area contributed by atoms with Gasteiger partial charge in [0, 0.05) is 36.7 Å². The van der Waals surface area contributed by atoms with E-state index in [1.165, 1.54) is 11.3 Å². The first-order valence-electron chi connectivity index (χ1n) is 10.1. The predicted octanol–water partition coefficient (Wildman–Crippen LogP) is 1.13. The number of hydrogen-bond donors (Lipinski definition) is 3. The van der Waals surface area contributed by atoms with Crippen molar-refractivity contribution in [3.8, 4) is 17.3 Å². The Morgan fingerprint density at radius 2 is 2.09 bits per heavy atom. The lowest BCUT2D eigenvalue weighted by Gasteiger charge is -2.34. The summed E-state index contributed by atoms with van der Waals surface area (Å²) in [5.41, 5.74) is 3.32. The number of nitrogens with zero attached hydrogens (tertiary/aromatic N) is 8. The van der Waals surface area contributed by atoms with E-state index in [9.17, 15) is 5.26 Å². The number of hydrazone groups is 1. The summed E-state index contributed by atoms with van der Waals surface area (Å²) in [5, 5.41) is 17.6. The maximum atomic E-state index is 15.1. The highest BCUT2D eigenvalue weighted by Crippen LogP contribution is 2.24. The fraction of sp³-hybridized carbons (Fsp3) is 0.238. The Morgan fingerprint density at radius 1 is 1.24 bits per heavy atom. The van der Waals surface area contributed by atoms with Gasteiger partial charge in [-0.15, -0.1) is 0 Å². The Balaban J connectivity index is 1.52.